The maximum absolute atomic E-state index is 11.3. The first-order valence-electron chi connectivity index (χ1n) is 6.93. The fourth-order valence-corrected chi connectivity index (χ4v) is 1.81. The number of nitriles is 1. The molecule has 0 N–H and O–H groups in total. The summed E-state index contributed by atoms with van der Waals surface area (Å²) in [4.78, 5) is 15.5. The minimum atomic E-state index is -0.699. The lowest BCUT2D eigenvalue weighted by Gasteiger charge is -2.13. The fraction of sp³-hybridized carbons (Fsp3) is 0.235. The zero-order valence-electron chi connectivity index (χ0n) is 13.1. The van der Waals surface area contributed by atoms with Crippen LogP contribution in [0.4, 0.5) is 0 Å². The number of carbonyl (C=O) groups excluding carboxylic acids is 1. The van der Waals surface area contributed by atoms with E-state index >= 15 is 0 Å². The van der Waals surface area contributed by atoms with Crippen LogP contribution in [0.2, 0.25) is 0 Å². The summed E-state index contributed by atoms with van der Waals surface area (Å²) in [5.41, 5.74) is 1.11. The van der Waals surface area contributed by atoms with Gasteiger partial charge in [0.05, 0.1) is 7.11 Å². The van der Waals surface area contributed by atoms with Crippen LogP contribution in [0.15, 0.2) is 36.4 Å². The summed E-state index contributed by atoms with van der Waals surface area (Å²) >= 11 is 0. The molecule has 0 saturated heterocycles. The van der Waals surface area contributed by atoms with E-state index in [1.54, 1.807) is 43.3 Å². The molecule has 0 amide bonds. The van der Waals surface area contributed by atoms with Crippen LogP contribution in [0.5, 0.6) is 17.4 Å². The van der Waals surface area contributed by atoms with Crippen LogP contribution in [0.3, 0.4) is 0 Å². The molecule has 1 aromatic heterocycles. The van der Waals surface area contributed by atoms with E-state index in [0.717, 1.165) is 5.69 Å². The quantitative estimate of drug-likeness (QED) is 0.789. The molecule has 1 unspecified atom stereocenters. The highest BCUT2D eigenvalue weighted by atomic mass is 16.6. The average Bonchev–Trinajstić information content (AvgIpc) is 2.56. The number of hydrogen-bond donors (Lipinski definition) is 0. The summed E-state index contributed by atoms with van der Waals surface area (Å²) in [5.74, 6) is 0.822. The predicted molar refractivity (Wildman–Crippen MR) is 82.3 cm³/mol. The lowest BCUT2D eigenvalue weighted by Crippen LogP contribution is -2.24. The van der Waals surface area contributed by atoms with Gasteiger partial charge in [-0.2, -0.15) is 5.26 Å². The van der Waals surface area contributed by atoms with Gasteiger partial charge in [0.1, 0.15) is 23.1 Å². The summed E-state index contributed by atoms with van der Waals surface area (Å²) in [6.45, 7) is 3.42. The monoisotopic (exact) mass is 312 g/mol. The molecular formula is C17H16N2O4. The fourth-order valence-electron chi connectivity index (χ4n) is 1.81. The standard InChI is InChI=1S/C17H16N2O4/c1-11-4-5-13(10-18)16(19-11)23-15-8-6-14(7-9-15)22-12(2)17(20)21-3/h4-9,12H,1-3H3. The van der Waals surface area contributed by atoms with Crippen molar-refractivity contribution < 1.29 is 19.0 Å². The van der Waals surface area contributed by atoms with Gasteiger partial charge in [-0.25, -0.2) is 9.78 Å². The molecule has 23 heavy (non-hydrogen) atoms. The van der Waals surface area contributed by atoms with Crippen LogP contribution in [-0.2, 0) is 9.53 Å². The molecule has 1 aromatic carbocycles. The van der Waals surface area contributed by atoms with Gasteiger partial charge < -0.3 is 14.2 Å². The van der Waals surface area contributed by atoms with E-state index in [-0.39, 0.29) is 5.88 Å². The second-order valence-electron chi connectivity index (χ2n) is 4.77. The van der Waals surface area contributed by atoms with Gasteiger partial charge in [0, 0.05) is 5.69 Å². The lowest BCUT2D eigenvalue weighted by atomic mass is 10.2. The van der Waals surface area contributed by atoms with Gasteiger partial charge in [0.25, 0.3) is 0 Å². The zero-order valence-corrected chi connectivity index (χ0v) is 13.1. The Hall–Kier alpha value is -3.07. The van der Waals surface area contributed by atoms with Gasteiger partial charge in [0.15, 0.2) is 6.10 Å². The Morgan fingerprint density at radius 1 is 1.17 bits per heavy atom. The molecule has 6 nitrogen and oxygen atoms in total. The summed E-state index contributed by atoms with van der Waals surface area (Å²) in [6.07, 6.45) is -0.699. The molecule has 2 aromatic rings. The second kappa shape index (κ2) is 7.27. The van der Waals surface area contributed by atoms with Crippen LogP contribution in [-0.4, -0.2) is 24.2 Å². The Kier molecular flexibility index (Phi) is 5.15. The summed E-state index contributed by atoms with van der Waals surface area (Å²) in [7, 11) is 1.31. The topological polar surface area (TPSA) is 81.4 Å². The Morgan fingerprint density at radius 3 is 2.43 bits per heavy atom. The smallest absolute Gasteiger partial charge is 0.346 e. The number of methoxy groups -OCH3 is 1. The number of nitrogens with zero attached hydrogens (tertiary/aromatic N) is 2. The van der Waals surface area contributed by atoms with E-state index in [2.05, 4.69) is 9.72 Å². The number of aromatic nitrogens is 1. The second-order valence-corrected chi connectivity index (χ2v) is 4.77. The molecule has 0 radical (unpaired) electrons. The van der Waals surface area contributed by atoms with Crippen molar-refractivity contribution in [1.82, 2.24) is 4.98 Å². The number of hydrogen-bond acceptors (Lipinski definition) is 6. The van der Waals surface area contributed by atoms with E-state index in [1.807, 2.05) is 13.0 Å². The molecule has 0 aliphatic heterocycles. The van der Waals surface area contributed by atoms with E-state index in [1.165, 1.54) is 7.11 Å². The van der Waals surface area contributed by atoms with Crippen molar-refractivity contribution in [3.05, 3.63) is 47.7 Å². The van der Waals surface area contributed by atoms with Crippen molar-refractivity contribution in [1.29, 1.82) is 5.26 Å². The number of pyridine rings is 1. The zero-order chi connectivity index (χ0) is 16.8. The van der Waals surface area contributed by atoms with Crippen LogP contribution in [0, 0.1) is 18.3 Å². The number of aryl methyl sites for hydroxylation is 1. The molecule has 1 heterocycles. The molecule has 0 saturated carbocycles. The molecule has 2 rings (SSSR count). The van der Waals surface area contributed by atoms with Crippen molar-refractivity contribution in [2.24, 2.45) is 0 Å². The van der Waals surface area contributed by atoms with E-state index in [0.29, 0.717) is 17.1 Å². The third-order valence-electron chi connectivity index (χ3n) is 3.00. The third-order valence-corrected chi connectivity index (χ3v) is 3.00. The summed E-state index contributed by atoms with van der Waals surface area (Å²) in [6, 6.07) is 12.1. The van der Waals surface area contributed by atoms with Crippen LogP contribution in [0.1, 0.15) is 18.2 Å². The maximum Gasteiger partial charge on any atom is 0.346 e. The van der Waals surface area contributed by atoms with Gasteiger partial charge in [-0.1, -0.05) is 0 Å². The Labute approximate surface area is 134 Å². The number of benzene rings is 1. The number of carbonyl (C=O) groups is 1. The van der Waals surface area contributed by atoms with Crippen molar-refractivity contribution in [2.45, 2.75) is 20.0 Å². The van der Waals surface area contributed by atoms with Gasteiger partial charge >= 0.3 is 5.97 Å². The molecule has 0 aliphatic rings. The van der Waals surface area contributed by atoms with Crippen molar-refractivity contribution in [2.75, 3.05) is 7.11 Å². The van der Waals surface area contributed by atoms with E-state index in [9.17, 15) is 4.79 Å². The largest absolute Gasteiger partial charge is 0.479 e. The first-order valence-corrected chi connectivity index (χ1v) is 6.93. The predicted octanol–water partition coefficient (Wildman–Crippen LogP) is 2.99. The number of esters is 1. The SMILES string of the molecule is COC(=O)C(C)Oc1ccc(Oc2nc(C)ccc2C#N)cc1. The molecule has 0 fully saturated rings. The van der Waals surface area contributed by atoms with Gasteiger partial charge in [-0.3, -0.25) is 0 Å². The van der Waals surface area contributed by atoms with Crippen molar-refractivity contribution >= 4 is 5.97 Å². The minimum Gasteiger partial charge on any atom is -0.479 e. The molecule has 118 valence electrons. The number of rotatable bonds is 5. The maximum atomic E-state index is 11.3. The number of ether oxygens (including phenoxy) is 3. The highest BCUT2D eigenvalue weighted by molar-refractivity contribution is 5.74. The summed E-state index contributed by atoms with van der Waals surface area (Å²) in [5, 5.41) is 9.07. The third kappa shape index (κ3) is 4.20. The molecule has 1 atom stereocenters. The minimum absolute atomic E-state index is 0.254. The van der Waals surface area contributed by atoms with Crippen molar-refractivity contribution in [3.8, 4) is 23.4 Å². The summed E-state index contributed by atoms with van der Waals surface area (Å²) < 4.78 is 15.7. The highest BCUT2D eigenvalue weighted by Gasteiger charge is 2.14. The van der Waals surface area contributed by atoms with Crippen LogP contribution >= 0.6 is 0 Å². The highest BCUT2D eigenvalue weighted by Crippen LogP contribution is 2.25. The lowest BCUT2D eigenvalue weighted by molar-refractivity contribution is -0.147. The van der Waals surface area contributed by atoms with Crippen LogP contribution < -0.4 is 9.47 Å². The normalized spacial score (nSPS) is 11.2. The van der Waals surface area contributed by atoms with Crippen LogP contribution in [0.25, 0.3) is 0 Å². The Bertz CT molecular complexity index is 735. The van der Waals surface area contributed by atoms with Gasteiger partial charge in [-0.15, -0.1) is 0 Å². The molecule has 0 bridgehead atoms. The van der Waals surface area contributed by atoms with Gasteiger partial charge in [-0.05, 0) is 50.2 Å². The Morgan fingerprint density at radius 2 is 1.83 bits per heavy atom. The molecule has 0 aliphatic carbocycles. The molecular weight excluding hydrogens is 296 g/mol. The van der Waals surface area contributed by atoms with Gasteiger partial charge in [0.2, 0.25) is 5.88 Å². The molecule has 6 heteroatoms. The first kappa shape index (κ1) is 16.3. The Balaban J connectivity index is 2.10. The molecule has 0 spiro atoms. The van der Waals surface area contributed by atoms with E-state index < -0.39 is 12.1 Å². The van der Waals surface area contributed by atoms with Crippen molar-refractivity contribution in [3.63, 3.8) is 0 Å². The van der Waals surface area contributed by atoms with E-state index in [4.69, 9.17) is 14.7 Å². The first-order chi connectivity index (χ1) is 11.0. The average molecular weight is 312 g/mol.